The molecule has 0 aliphatic heterocycles. The van der Waals surface area contributed by atoms with Crippen molar-refractivity contribution in [3.63, 3.8) is 0 Å². The molecule has 1 aromatic rings. The summed E-state index contributed by atoms with van der Waals surface area (Å²) in [5.41, 5.74) is -0.821. The van der Waals surface area contributed by atoms with Crippen molar-refractivity contribution in [1.82, 2.24) is 0 Å². The molecule has 2 nitrogen and oxygen atoms in total. The van der Waals surface area contributed by atoms with E-state index in [2.05, 4.69) is 0 Å². The van der Waals surface area contributed by atoms with Crippen LogP contribution in [0.3, 0.4) is 0 Å². The van der Waals surface area contributed by atoms with Crippen LogP contribution in [-0.2, 0) is 20.7 Å². The van der Waals surface area contributed by atoms with E-state index in [4.69, 9.17) is 10.7 Å². The second-order valence-corrected chi connectivity index (χ2v) is 6.15. The van der Waals surface area contributed by atoms with Gasteiger partial charge in [-0.25, -0.2) is 21.6 Å². The average Bonchev–Trinajstić information content (AvgIpc) is 2.04. The fraction of sp³-hybridized carbons (Fsp3) is 0.333. The van der Waals surface area contributed by atoms with E-state index in [1.165, 1.54) is 0 Å². The van der Waals surface area contributed by atoms with Gasteiger partial charge in [-0.15, -0.1) is 0 Å². The molecule has 0 heterocycles. The molecule has 0 aromatic heterocycles. The molecule has 0 bridgehead atoms. The van der Waals surface area contributed by atoms with Gasteiger partial charge < -0.3 is 0 Å². The normalized spacial score (nSPS) is 12.8. The van der Waals surface area contributed by atoms with Gasteiger partial charge in [0.25, 0.3) is 5.92 Å². The van der Waals surface area contributed by atoms with Crippen LogP contribution in [0.5, 0.6) is 0 Å². The molecule has 0 radical (unpaired) electrons. The van der Waals surface area contributed by atoms with Crippen molar-refractivity contribution in [2.24, 2.45) is 0 Å². The molecular formula is C9H8ClF3O2S. The molecule has 0 aliphatic carbocycles. The molecule has 16 heavy (non-hydrogen) atoms. The third-order valence-electron chi connectivity index (χ3n) is 1.88. The summed E-state index contributed by atoms with van der Waals surface area (Å²) >= 11 is 0. The van der Waals surface area contributed by atoms with Crippen LogP contribution >= 0.6 is 10.7 Å². The second kappa shape index (κ2) is 4.25. The predicted octanol–water partition coefficient (Wildman–Crippen LogP) is 3.01. The van der Waals surface area contributed by atoms with Gasteiger partial charge in [0.15, 0.2) is 0 Å². The number of rotatable bonds is 3. The van der Waals surface area contributed by atoms with Crippen LogP contribution < -0.4 is 0 Å². The molecule has 0 aliphatic rings. The highest BCUT2D eigenvalue weighted by Gasteiger charge is 2.25. The summed E-state index contributed by atoms with van der Waals surface area (Å²) in [7, 11) is 0.950. The number of hydrogen-bond donors (Lipinski definition) is 0. The second-order valence-electron chi connectivity index (χ2n) is 3.38. The number of halogens is 4. The van der Waals surface area contributed by atoms with Gasteiger partial charge in [0.1, 0.15) is 5.82 Å². The van der Waals surface area contributed by atoms with Crippen molar-refractivity contribution in [2.75, 3.05) is 0 Å². The Balaban J connectivity index is 3.20. The van der Waals surface area contributed by atoms with Crippen molar-refractivity contribution < 1.29 is 21.6 Å². The largest absolute Gasteiger partial charge is 0.270 e. The molecule has 0 spiro atoms. The van der Waals surface area contributed by atoms with E-state index in [1.807, 2.05) is 0 Å². The Bertz CT molecular complexity index is 494. The van der Waals surface area contributed by atoms with E-state index >= 15 is 0 Å². The maximum atomic E-state index is 13.1. The minimum atomic E-state index is -3.97. The molecule has 7 heteroatoms. The van der Waals surface area contributed by atoms with E-state index < -0.39 is 32.1 Å². The van der Waals surface area contributed by atoms with E-state index in [1.54, 1.807) is 0 Å². The highest BCUT2D eigenvalue weighted by atomic mass is 35.7. The third kappa shape index (κ3) is 3.68. The van der Waals surface area contributed by atoms with E-state index in [-0.39, 0.29) is 5.56 Å². The fourth-order valence-corrected chi connectivity index (χ4v) is 2.09. The lowest BCUT2D eigenvalue weighted by Gasteiger charge is -2.12. The van der Waals surface area contributed by atoms with Crippen molar-refractivity contribution >= 4 is 19.7 Å². The summed E-state index contributed by atoms with van der Waals surface area (Å²) in [6.07, 6.45) is 0. The van der Waals surface area contributed by atoms with Gasteiger partial charge in [0, 0.05) is 28.7 Å². The zero-order valence-electron chi connectivity index (χ0n) is 8.18. The molecule has 1 aromatic carbocycles. The summed E-state index contributed by atoms with van der Waals surface area (Å²) in [6.45, 7) is 0.638. The number of hydrogen-bond acceptors (Lipinski definition) is 2. The zero-order valence-corrected chi connectivity index (χ0v) is 9.75. The van der Waals surface area contributed by atoms with Crippen LogP contribution in [0.1, 0.15) is 18.1 Å². The Hall–Kier alpha value is -0.750. The number of alkyl halides is 2. The van der Waals surface area contributed by atoms with Gasteiger partial charge in [-0.05, 0) is 12.1 Å². The molecule has 0 saturated carbocycles. The van der Waals surface area contributed by atoms with E-state index in [0.717, 1.165) is 18.2 Å². The van der Waals surface area contributed by atoms with Gasteiger partial charge in [0.05, 0.1) is 5.75 Å². The fourth-order valence-electron chi connectivity index (χ4n) is 1.14. The van der Waals surface area contributed by atoms with E-state index in [0.29, 0.717) is 6.92 Å². The molecule has 0 saturated heterocycles. The van der Waals surface area contributed by atoms with Gasteiger partial charge >= 0.3 is 0 Å². The first kappa shape index (κ1) is 13.3. The van der Waals surface area contributed by atoms with E-state index in [9.17, 15) is 21.6 Å². The Morgan fingerprint density at radius 3 is 2.38 bits per heavy atom. The predicted molar refractivity (Wildman–Crippen MR) is 54.4 cm³/mol. The lowest BCUT2D eigenvalue weighted by atomic mass is 10.1. The molecule has 1 rings (SSSR count). The SMILES string of the molecule is CC(F)(F)c1ccc(F)c(CS(=O)(=O)Cl)c1. The highest BCUT2D eigenvalue weighted by Crippen LogP contribution is 2.29. The quantitative estimate of drug-likeness (QED) is 0.793. The van der Waals surface area contributed by atoms with Gasteiger partial charge in [-0.3, -0.25) is 0 Å². The molecular weight excluding hydrogens is 265 g/mol. The Labute approximate surface area is 95.5 Å². The van der Waals surface area contributed by atoms with Crippen molar-refractivity contribution in [3.8, 4) is 0 Å². The first-order valence-corrected chi connectivity index (χ1v) is 6.66. The lowest BCUT2D eigenvalue weighted by molar-refractivity contribution is 0.0173. The molecule has 0 fully saturated rings. The summed E-state index contributed by atoms with van der Waals surface area (Å²) in [5, 5.41) is 0. The maximum Gasteiger partial charge on any atom is 0.270 e. The smallest absolute Gasteiger partial charge is 0.212 e. The Kier molecular flexibility index (Phi) is 3.54. The minimum Gasteiger partial charge on any atom is -0.212 e. The molecule has 0 unspecified atom stereocenters. The summed E-state index contributed by atoms with van der Waals surface area (Å²) < 4.78 is 60.4. The molecule has 0 atom stereocenters. The summed E-state index contributed by atoms with van der Waals surface area (Å²) in [6, 6.07) is 2.50. The summed E-state index contributed by atoms with van der Waals surface area (Å²) in [5.74, 6) is -4.85. The number of benzene rings is 1. The van der Waals surface area contributed by atoms with Crippen LogP contribution in [0.15, 0.2) is 18.2 Å². The Morgan fingerprint density at radius 2 is 1.94 bits per heavy atom. The van der Waals surface area contributed by atoms with Crippen molar-refractivity contribution in [3.05, 3.63) is 35.1 Å². The average molecular weight is 273 g/mol. The van der Waals surface area contributed by atoms with Crippen LogP contribution in [0.4, 0.5) is 13.2 Å². The van der Waals surface area contributed by atoms with Crippen molar-refractivity contribution in [1.29, 1.82) is 0 Å². The Morgan fingerprint density at radius 1 is 1.38 bits per heavy atom. The van der Waals surface area contributed by atoms with Gasteiger partial charge in [0.2, 0.25) is 9.05 Å². The van der Waals surface area contributed by atoms with Crippen LogP contribution in [-0.4, -0.2) is 8.42 Å². The highest BCUT2D eigenvalue weighted by molar-refractivity contribution is 8.13. The molecule has 0 amide bonds. The molecule has 0 N–H and O–H groups in total. The first-order valence-electron chi connectivity index (χ1n) is 4.18. The first-order chi connectivity index (χ1) is 7.09. The standard InChI is InChI=1S/C9H8ClF3O2S/c1-9(12,13)7-2-3-8(11)6(4-7)5-16(10,14)15/h2-4H,5H2,1H3. The zero-order chi connectivity index (χ0) is 12.6. The van der Waals surface area contributed by atoms with Crippen molar-refractivity contribution in [2.45, 2.75) is 18.6 Å². The van der Waals surface area contributed by atoms with Gasteiger partial charge in [-0.1, -0.05) is 6.07 Å². The van der Waals surface area contributed by atoms with Crippen LogP contribution in [0, 0.1) is 5.82 Å². The summed E-state index contributed by atoms with van der Waals surface area (Å²) in [4.78, 5) is 0. The third-order valence-corrected chi connectivity index (χ3v) is 2.86. The maximum absolute atomic E-state index is 13.1. The van der Waals surface area contributed by atoms with Crippen LogP contribution in [0.25, 0.3) is 0 Å². The molecule has 90 valence electrons. The topological polar surface area (TPSA) is 34.1 Å². The minimum absolute atomic E-state index is 0.367. The lowest BCUT2D eigenvalue weighted by Crippen LogP contribution is -2.09. The van der Waals surface area contributed by atoms with Crippen LogP contribution in [0.2, 0.25) is 0 Å². The monoisotopic (exact) mass is 272 g/mol. The van der Waals surface area contributed by atoms with Gasteiger partial charge in [-0.2, -0.15) is 0 Å².